The van der Waals surface area contributed by atoms with E-state index in [0.717, 1.165) is 15.7 Å². The third-order valence-corrected chi connectivity index (χ3v) is 3.81. The van der Waals surface area contributed by atoms with Gasteiger partial charge in [-0.2, -0.15) is 0 Å². The van der Waals surface area contributed by atoms with E-state index in [9.17, 15) is 5.11 Å². The largest absolute Gasteiger partial charge is 0.507 e. The van der Waals surface area contributed by atoms with Gasteiger partial charge in [-0.15, -0.1) is 0 Å². The molecule has 1 N–H and O–H groups in total. The summed E-state index contributed by atoms with van der Waals surface area (Å²) in [4.78, 5) is 4.41. The molecule has 0 heterocycles. The quantitative estimate of drug-likeness (QED) is 0.614. The minimum absolute atomic E-state index is 0.216. The van der Waals surface area contributed by atoms with Gasteiger partial charge < -0.3 is 5.11 Å². The van der Waals surface area contributed by atoms with Gasteiger partial charge >= 0.3 is 0 Å². The molecule has 3 aromatic carbocycles. The van der Waals surface area contributed by atoms with Crippen LogP contribution in [0.15, 0.2) is 82.3 Å². The van der Waals surface area contributed by atoms with Crippen molar-refractivity contribution in [2.24, 2.45) is 4.99 Å². The maximum absolute atomic E-state index is 9.79. The highest BCUT2D eigenvalue weighted by Crippen LogP contribution is 2.24. The first-order valence-electron chi connectivity index (χ1n) is 6.90. The lowest BCUT2D eigenvalue weighted by Gasteiger charge is -2.02. The number of phenols is 1. The Balaban J connectivity index is 1.82. The van der Waals surface area contributed by atoms with Gasteiger partial charge in [-0.25, -0.2) is 0 Å². The molecular formula is C19H14BrNO. The summed E-state index contributed by atoms with van der Waals surface area (Å²) in [6.45, 7) is 0. The molecule has 22 heavy (non-hydrogen) atoms. The molecule has 0 aliphatic heterocycles. The summed E-state index contributed by atoms with van der Waals surface area (Å²) in [5.74, 6) is 0.216. The van der Waals surface area contributed by atoms with E-state index < -0.39 is 0 Å². The second-order valence-corrected chi connectivity index (χ2v) is 5.79. The lowest BCUT2D eigenvalue weighted by molar-refractivity contribution is 0.474. The Morgan fingerprint density at radius 1 is 0.818 bits per heavy atom. The number of hydrogen-bond donors (Lipinski definition) is 1. The second kappa shape index (κ2) is 6.58. The molecule has 0 aromatic heterocycles. The van der Waals surface area contributed by atoms with E-state index in [4.69, 9.17) is 0 Å². The number of nitrogens with zero attached hydrogens (tertiary/aromatic N) is 1. The third-order valence-electron chi connectivity index (χ3n) is 3.32. The van der Waals surface area contributed by atoms with Gasteiger partial charge in [0.2, 0.25) is 0 Å². The number of halogens is 1. The first-order chi connectivity index (χ1) is 10.7. The molecule has 2 nitrogen and oxygen atoms in total. The number of hydrogen-bond acceptors (Lipinski definition) is 2. The van der Waals surface area contributed by atoms with E-state index >= 15 is 0 Å². The summed E-state index contributed by atoms with van der Waals surface area (Å²) in [5, 5.41) is 9.79. The fraction of sp³-hybridized carbons (Fsp3) is 0. The van der Waals surface area contributed by atoms with Gasteiger partial charge in [-0.05, 0) is 41.5 Å². The van der Waals surface area contributed by atoms with Gasteiger partial charge in [-0.3, -0.25) is 4.99 Å². The molecule has 0 unspecified atom stereocenters. The van der Waals surface area contributed by atoms with Gasteiger partial charge in [0, 0.05) is 16.3 Å². The van der Waals surface area contributed by atoms with E-state index in [0.29, 0.717) is 5.56 Å². The maximum atomic E-state index is 9.79. The van der Waals surface area contributed by atoms with E-state index in [1.165, 1.54) is 5.56 Å². The molecule has 0 spiro atoms. The molecule has 0 saturated carbocycles. The van der Waals surface area contributed by atoms with Crippen LogP contribution in [0.1, 0.15) is 5.56 Å². The van der Waals surface area contributed by atoms with Crippen molar-refractivity contribution in [3.63, 3.8) is 0 Å². The fourth-order valence-corrected chi connectivity index (χ4v) is 2.52. The summed E-state index contributed by atoms with van der Waals surface area (Å²) in [7, 11) is 0. The highest BCUT2D eigenvalue weighted by Gasteiger charge is 1.99. The highest BCUT2D eigenvalue weighted by atomic mass is 79.9. The zero-order valence-electron chi connectivity index (χ0n) is 11.8. The molecule has 0 aliphatic carbocycles. The van der Waals surface area contributed by atoms with Crippen LogP contribution < -0.4 is 0 Å². The number of aliphatic imine (C=N–C) groups is 1. The van der Waals surface area contributed by atoms with Crippen LogP contribution >= 0.6 is 15.9 Å². The fourth-order valence-electron chi connectivity index (χ4n) is 2.14. The molecule has 0 amide bonds. The molecule has 0 fully saturated rings. The first-order valence-corrected chi connectivity index (χ1v) is 7.70. The lowest BCUT2D eigenvalue weighted by atomic mass is 10.1. The molecule has 0 saturated heterocycles. The van der Waals surface area contributed by atoms with Crippen molar-refractivity contribution in [2.75, 3.05) is 0 Å². The second-order valence-electron chi connectivity index (χ2n) is 4.87. The number of rotatable bonds is 3. The lowest BCUT2D eigenvalue weighted by Crippen LogP contribution is -1.82. The van der Waals surface area contributed by atoms with Crippen molar-refractivity contribution < 1.29 is 5.11 Å². The summed E-state index contributed by atoms with van der Waals surface area (Å²) in [6, 6.07) is 23.5. The van der Waals surface area contributed by atoms with E-state index in [2.05, 4.69) is 33.1 Å². The Morgan fingerprint density at radius 3 is 2.23 bits per heavy atom. The average Bonchev–Trinajstić information content (AvgIpc) is 2.57. The SMILES string of the molecule is Oc1ccc(Br)cc1C=Nc1ccc(-c2ccccc2)cc1. The monoisotopic (exact) mass is 351 g/mol. The smallest absolute Gasteiger partial charge is 0.124 e. The molecule has 3 aromatic rings. The Morgan fingerprint density at radius 2 is 1.50 bits per heavy atom. The topological polar surface area (TPSA) is 32.6 Å². The molecule has 0 radical (unpaired) electrons. The molecule has 3 rings (SSSR count). The molecule has 108 valence electrons. The zero-order chi connectivity index (χ0) is 15.4. The summed E-state index contributed by atoms with van der Waals surface area (Å²) >= 11 is 3.39. The molecule has 0 aliphatic rings. The Labute approximate surface area is 137 Å². The predicted octanol–water partition coefficient (Wildman–Crippen LogP) is 5.57. The van der Waals surface area contributed by atoms with Crippen LogP contribution in [0, 0.1) is 0 Å². The normalized spacial score (nSPS) is 11.0. The zero-order valence-corrected chi connectivity index (χ0v) is 13.4. The summed E-state index contributed by atoms with van der Waals surface area (Å²) in [5.41, 5.74) is 3.87. The Bertz CT molecular complexity index is 795. The van der Waals surface area contributed by atoms with Gasteiger partial charge in [0.05, 0.1) is 5.69 Å². The van der Waals surface area contributed by atoms with Gasteiger partial charge in [0.1, 0.15) is 5.75 Å². The Kier molecular flexibility index (Phi) is 4.35. The molecule has 0 atom stereocenters. The van der Waals surface area contributed by atoms with Gasteiger partial charge in [-0.1, -0.05) is 58.4 Å². The van der Waals surface area contributed by atoms with Crippen molar-refractivity contribution in [3.8, 4) is 16.9 Å². The summed E-state index contributed by atoms with van der Waals surface area (Å²) in [6.07, 6.45) is 1.66. The van der Waals surface area contributed by atoms with Crippen LogP contribution in [0.5, 0.6) is 5.75 Å². The minimum Gasteiger partial charge on any atom is -0.507 e. The van der Waals surface area contributed by atoms with E-state index in [1.807, 2.05) is 48.5 Å². The van der Waals surface area contributed by atoms with Crippen LogP contribution in [0.25, 0.3) is 11.1 Å². The highest BCUT2D eigenvalue weighted by molar-refractivity contribution is 9.10. The Hall–Kier alpha value is -2.39. The van der Waals surface area contributed by atoms with Crippen LogP contribution in [-0.4, -0.2) is 11.3 Å². The molecule has 3 heteroatoms. The van der Waals surface area contributed by atoms with Crippen LogP contribution in [0.3, 0.4) is 0 Å². The van der Waals surface area contributed by atoms with E-state index in [1.54, 1.807) is 18.3 Å². The van der Waals surface area contributed by atoms with Crippen molar-refractivity contribution in [1.29, 1.82) is 0 Å². The minimum atomic E-state index is 0.216. The first kappa shape index (κ1) is 14.5. The third kappa shape index (κ3) is 3.43. The van der Waals surface area contributed by atoms with Gasteiger partial charge in [0.15, 0.2) is 0 Å². The van der Waals surface area contributed by atoms with E-state index in [-0.39, 0.29) is 5.75 Å². The molecule has 0 bridgehead atoms. The van der Waals surface area contributed by atoms with Crippen LogP contribution in [0.4, 0.5) is 5.69 Å². The number of aromatic hydroxyl groups is 1. The van der Waals surface area contributed by atoms with Crippen molar-refractivity contribution in [1.82, 2.24) is 0 Å². The van der Waals surface area contributed by atoms with Crippen LogP contribution in [0.2, 0.25) is 0 Å². The number of benzene rings is 3. The predicted molar refractivity (Wildman–Crippen MR) is 94.9 cm³/mol. The van der Waals surface area contributed by atoms with Crippen molar-refractivity contribution >= 4 is 27.8 Å². The standard InChI is InChI=1S/C19H14BrNO/c20-17-8-11-19(22)16(12-17)13-21-18-9-6-15(7-10-18)14-4-2-1-3-5-14/h1-13,22H. The summed E-state index contributed by atoms with van der Waals surface area (Å²) < 4.78 is 0.908. The van der Waals surface area contributed by atoms with Crippen molar-refractivity contribution in [2.45, 2.75) is 0 Å². The van der Waals surface area contributed by atoms with Crippen LogP contribution in [-0.2, 0) is 0 Å². The maximum Gasteiger partial charge on any atom is 0.124 e. The number of phenolic OH excluding ortho intramolecular Hbond substituents is 1. The van der Waals surface area contributed by atoms with Gasteiger partial charge in [0.25, 0.3) is 0 Å². The average molecular weight is 352 g/mol. The van der Waals surface area contributed by atoms with Crippen molar-refractivity contribution in [3.05, 3.63) is 82.8 Å². The molecular weight excluding hydrogens is 338 g/mol.